The third-order valence-corrected chi connectivity index (χ3v) is 3.94. The molecule has 0 unspecified atom stereocenters. The zero-order valence-electron chi connectivity index (χ0n) is 11.8. The Morgan fingerprint density at radius 1 is 1.20 bits per heavy atom. The van der Waals surface area contributed by atoms with Gasteiger partial charge in [0.15, 0.2) is 0 Å². The molecule has 0 atom stereocenters. The monoisotopic (exact) mass is 273 g/mol. The maximum Gasteiger partial charge on any atom is 0.250 e. The fraction of sp³-hybridized carbons (Fsp3) is 0.429. The lowest BCUT2D eigenvalue weighted by molar-refractivity contribution is 0.100. The van der Waals surface area contributed by atoms with Crippen molar-refractivity contribution in [3.8, 4) is 0 Å². The molecule has 2 heterocycles. The average Bonchev–Trinajstić information content (AvgIpc) is 2.77. The summed E-state index contributed by atoms with van der Waals surface area (Å²) in [4.78, 5) is 20.7. The van der Waals surface area contributed by atoms with Crippen molar-refractivity contribution >= 4 is 22.9 Å². The number of anilines is 1. The predicted molar refractivity (Wildman–Crippen MR) is 78.9 cm³/mol. The van der Waals surface area contributed by atoms with Gasteiger partial charge in [0.05, 0.1) is 11.1 Å². The van der Waals surface area contributed by atoms with E-state index in [-0.39, 0.29) is 0 Å². The molecule has 1 fully saturated rings. The van der Waals surface area contributed by atoms with Crippen LogP contribution in [0.15, 0.2) is 18.2 Å². The first-order valence-corrected chi connectivity index (χ1v) is 6.76. The highest BCUT2D eigenvalue weighted by atomic mass is 16.1. The van der Waals surface area contributed by atoms with Crippen LogP contribution in [0.5, 0.6) is 0 Å². The summed E-state index contributed by atoms with van der Waals surface area (Å²) < 4.78 is 2.03. The maximum absolute atomic E-state index is 11.5. The summed E-state index contributed by atoms with van der Waals surface area (Å²) in [6, 6.07) is 5.54. The van der Waals surface area contributed by atoms with Gasteiger partial charge in [-0.25, -0.2) is 4.98 Å². The van der Waals surface area contributed by atoms with E-state index in [1.807, 2.05) is 23.7 Å². The highest BCUT2D eigenvalue weighted by Gasteiger charge is 2.21. The van der Waals surface area contributed by atoms with E-state index in [0.29, 0.717) is 11.1 Å². The van der Waals surface area contributed by atoms with Gasteiger partial charge in [-0.2, -0.15) is 0 Å². The van der Waals surface area contributed by atoms with Crippen LogP contribution in [0.1, 0.15) is 10.4 Å². The molecule has 2 N–H and O–H groups in total. The SMILES string of the molecule is CN1CCN(c2nc3c(C(N)=O)cccc3n2C)CC1. The molecule has 6 nitrogen and oxygen atoms in total. The Labute approximate surface area is 117 Å². The van der Waals surface area contributed by atoms with Gasteiger partial charge in [0, 0.05) is 33.2 Å². The number of nitrogens with zero attached hydrogens (tertiary/aromatic N) is 4. The number of rotatable bonds is 2. The number of piperazine rings is 1. The minimum atomic E-state index is -0.432. The normalized spacial score (nSPS) is 16.8. The van der Waals surface area contributed by atoms with Crippen LogP contribution in [-0.4, -0.2) is 53.6 Å². The number of aromatic nitrogens is 2. The fourth-order valence-corrected chi connectivity index (χ4v) is 2.69. The van der Waals surface area contributed by atoms with Crippen molar-refractivity contribution in [3.05, 3.63) is 23.8 Å². The van der Waals surface area contributed by atoms with Crippen LogP contribution < -0.4 is 10.6 Å². The maximum atomic E-state index is 11.5. The zero-order chi connectivity index (χ0) is 14.3. The molecule has 1 saturated heterocycles. The summed E-state index contributed by atoms with van der Waals surface area (Å²) in [5.41, 5.74) is 7.54. The lowest BCUT2D eigenvalue weighted by Gasteiger charge is -2.32. The molecule has 0 bridgehead atoms. The first kappa shape index (κ1) is 12.9. The van der Waals surface area contributed by atoms with Crippen LogP contribution in [0.4, 0.5) is 5.95 Å². The molecule has 1 amide bonds. The third kappa shape index (κ3) is 2.02. The van der Waals surface area contributed by atoms with E-state index >= 15 is 0 Å². The minimum Gasteiger partial charge on any atom is -0.366 e. The second kappa shape index (κ2) is 4.79. The molecule has 0 spiro atoms. The Balaban J connectivity index is 2.06. The zero-order valence-corrected chi connectivity index (χ0v) is 11.8. The fourth-order valence-electron chi connectivity index (χ4n) is 2.69. The second-order valence-corrected chi connectivity index (χ2v) is 5.30. The Kier molecular flexibility index (Phi) is 3.10. The summed E-state index contributed by atoms with van der Waals surface area (Å²) in [7, 11) is 4.10. The summed E-state index contributed by atoms with van der Waals surface area (Å²) in [5.74, 6) is 0.473. The van der Waals surface area contributed by atoms with Gasteiger partial charge in [0.1, 0.15) is 5.52 Å². The molecule has 1 aromatic heterocycles. The van der Waals surface area contributed by atoms with Gasteiger partial charge >= 0.3 is 0 Å². The van der Waals surface area contributed by atoms with Gasteiger partial charge in [-0.1, -0.05) is 6.07 Å². The van der Waals surface area contributed by atoms with E-state index in [2.05, 4.69) is 21.8 Å². The first-order chi connectivity index (χ1) is 9.58. The number of carbonyl (C=O) groups excluding carboxylic acids is 1. The number of para-hydroxylation sites is 1. The number of nitrogens with two attached hydrogens (primary N) is 1. The number of carbonyl (C=O) groups is 1. The smallest absolute Gasteiger partial charge is 0.250 e. The van der Waals surface area contributed by atoms with Crippen molar-refractivity contribution in [3.63, 3.8) is 0 Å². The van der Waals surface area contributed by atoms with Crippen molar-refractivity contribution in [2.24, 2.45) is 12.8 Å². The first-order valence-electron chi connectivity index (χ1n) is 6.76. The molecule has 20 heavy (non-hydrogen) atoms. The van der Waals surface area contributed by atoms with Crippen molar-refractivity contribution < 1.29 is 4.79 Å². The van der Waals surface area contributed by atoms with Gasteiger partial charge in [-0.15, -0.1) is 0 Å². The van der Waals surface area contributed by atoms with Crippen LogP contribution in [0.25, 0.3) is 11.0 Å². The van der Waals surface area contributed by atoms with E-state index in [1.165, 1.54) is 0 Å². The van der Waals surface area contributed by atoms with Gasteiger partial charge < -0.3 is 20.1 Å². The quantitative estimate of drug-likeness (QED) is 0.861. The molecule has 0 saturated carbocycles. The van der Waals surface area contributed by atoms with Crippen molar-refractivity contribution in [1.82, 2.24) is 14.5 Å². The third-order valence-electron chi connectivity index (χ3n) is 3.94. The molecule has 1 aliphatic heterocycles. The molecule has 0 aliphatic carbocycles. The number of likely N-dealkylation sites (N-methyl/N-ethyl adjacent to an activating group) is 1. The van der Waals surface area contributed by atoms with Crippen LogP contribution in [0, 0.1) is 0 Å². The number of benzene rings is 1. The molecule has 0 radical (unpaired) electrons. The van der Waals surface area contributed by atoms with E-state index < -0.39 is 5.91 Å². The van der Waals surface area contributed by atoms with E-state index in [4.69, 9.17) is 5.73 Å². The largest absolute Gasteiger partial charge is 0.366 e. The number of hydrogen-bond donors (Lipinski definition) is 1. The summed E-state index contributed by atoms with van der Waals surface area (Å²) in [6.07, 6.45) is 0. The van der Waals surface area contributed by atoms with Crippen molar-refractivity contribution in [2.75, 3.05) is 38.1 Å². The van der Waals surface area contributed by atoms with Gasteiger partial charge in [-0.05, 0) is 19.2 Å². The standard InChI is InChI=1S/C14H19N5O/c1-17-6-8-19(9-7-17)14-16-12-10(13(15)20)4-3-5-11(12)18(14)2/h3-5H,6-9H2,1-2H3,(H2,15,20). The summed E-state index contributed by atoms with van der Waals surface area (Å²) >= 11 is 0. The number of fused-ring (bicyclic) bond motifs is 1. The summed E-state index contributed by atoms with van der Waals surface area (Å²) in [6.45, 7) is 3.93. The average molecular weight is 273 g/mol. The van der Waals surface area contributed by atoms with E-state index in [0.717, 1.165) is 37.6 Å². The number of aryl methyl sites for hydroxylation is 1. The molecule has 1 aliphatic rings. The minimum absolute atomic E-state index is 0.432. The van der Waals surface area contributed by atoms with Crippen LogP contribution in [-0.2, 0) is 7.05 Å². The Morgan fingerprint density at radius 2 is 1.90 bits per heavy atom. The van der Waals surface area contributed by atoms with Crippen molar-refractivity contribution in [2.45, 2.75) is 0 Å². The van der Waals surface area contributed by atoms with Crippen LogP contribution in [0.3, 0.4) is 0 Å². The molecule has 2 aromatic rings. The number of imidazole rings is 1. The highest BCUT2D eigenvalue weighted by Crippen LogP contribution is 2.24. The van der Waals surface area contributed by atoms with E-state index in [9.17, 15) is 4.79 Å². The highest BCUT2D eigenvalue weighted by molar-refractivity contribution is 6.04. The molecule has 106 valence electrons. The molecule has 6 heteroatoms. The van der Waals surface area contributed by atoms with Crippen molar-refractivity contribution in [1.29, 1.82) is 0 Å². The van der Waals surface area contributed by atoms with E-state index in [1.54, 1.807) is 6.07 Å². The lowest BCUT2D eigenvalue weighted by Crippen LogP contribution is -2.45. The Morgan fingerprint density at radius 3 is 2.55 bits per heavy atom. The number of amides is 1. The Hall–Kier alpha value is -2.08. The van der Waals surface area contributed by atoms with Gasteiger partial charge in [0.2, 0.25) is 5.95 Å². The van der Waals surface area contributed by atoms with Gasteiger partial charge in [0.25, 0.3) is 5.91 Å². The second-order valence-electron chi connectivity index (χ2n) is 5.30. The summed E-state index contributed by atoms with van der Waals surface area (Å²) in [5, 5.41) is 0. The van der Waals surface area contributed by atoms with Crippen LogP contribution in [0.2, 0.25) is 0 Å². The Bertz CT molecular complexity index is 655. The topological polar surface area (TPSA) is 67.4 Å². The van der Waals surface area contributed by atoms with Gasteiger partial charge in [-0.3, -0.25) is 4.79 Å². The lowest BCUT2D eigenvalue weighted by atomic mass is 10.2. The molecule has 1 aromatic carbocycles. The number of primary amides is 1. The molecule has 3 rings (SSSR count). The van der Waals surface area contributed by atoms with Crippen LogP contribution >= 0.6 is 0 Å². The predicted octanol–water partition coefficient (Wildman–Crippen LogP) is 0.424. The molecular formula is C14H19N5O. The molecular weight excluding hydrogens is 254 g/mol. The number of hydrogen-bond acceptors (Lipinski definition) is 4.